The number of carbonyl (C=O) groups is 1. The van der Waals surface area contributed by atoms with Crippen LogP contribution in [-0.2, 0) is 9.47 Å². The van der Waals surface area contributed by atoms with E-state index >= 15 is 0 Å². The monoisotopic (exact) mass is 334 g/mol. The van der Waals surface area contributed by atoms with Crippen molar-refractivity contribution in [2.45, 2.75) is 31.1 Å². The zero-order valence-corrected chi connectivity index (χ0v) is 13.7. The molecule has 3 saturated heterocycles. The van der Waals surface area contributed by atoms with E-state index in [0.717, 1.165) is 32.5 Å². The molecule has 4 rings (SSSR count). The number of amides is 1. The van der Waals surface area contributed by atoms with E-state index in [-0.39, 0.29) is 23.6 Å². The molecule has 0 bridgehead atoms. The Hall–Kier alpha value is -1.50. The van der Waals surface area contributed by atoms with E-state index < -0.39 is 5.82 Å². The van der Waals surface area contributed by atoms with Crippen LogP contribution in [0.15, 0.2) is 24.3 Å². The molecule has 0 N–H and O–H groups in total. The van der Waals surface area contributed by atoms with Gasteiger partial charge in [0.05, 0.1) is 30.4 Å². The molecule has 0 saturated carbocycles. The number of rotatable bonds is 3. The fourth-order valence-corrected chi connectivity index (χ4v) is 4.01. The van der Waals surface area contributed by atoms with Crippen LogP contribution >= 0.6 is 0 Å². The van der Waals surface area contributed by atoms with Gasteiger partial charge in [0.2, 0.25) is 0 Å². The summed E-state index contributed by atoms with van der Waals surface area (Å²) in [4.78, 5) is 16.8. The van der Waals surface area contributed by atoms with Gasteiger partial charge in [0.25, 0.3) is 5.91 Å². The first-order valence-electron chi connectivity index (χ1n) is 8.73. The second kappa shape index (κ2) is 6.78. The van der Waals surface area contributed by atoms with Crippen molar-refractivity contribution in [1.29, 1.82) is 0 Å². The van der Waals surface area contributed by atoms with Gasteiger partial charge in [-0.3, -0.25) is 9.69 Å². The number of ether oxygens (including phenoxy) is 2. The molecule has 0 aromatic heterocycles. The van der Waals surface area contributed by atoms with Gasteiger partial charge in [-0.15, -0.1) is 0 Å². The molecule has 6 heteroatoms. The third-order valence-corrected chi connectivity index (χ3v) is 5.27. The molecule has 3 heterocycles. The average Bonchev–Trinajstić information content (AvgIpc) is 3.24. The van der Waals surface area contributed by atoms with Crippen molar-refractivity contribution >= 4 is 5.91 Å². The van der Waals surface area contributed by atoms with Gasteiger partial charge in [0, 0.05) is 32.8 Å². The Morgan fingerprint density at radius 3 is 2.88 bits per heavy atom. The Kier molecular flexibility index (Phi) is 4.52. The average molecular weight is 334 g/mol. The summed E-state index contributed by atoms with van der Waals surface area (Å²) in [6, 6.07) is 6.35. The van der Waals surface area contributed by atoms with Crippen molar-refractivity contribution in [3.05, 3.63) is 35.6 Å². The maximum atomic E-state index is 13.9. The Morgan fingerprint density at radius 2 is 2.08 bits per heavy atom. The van der Waals surface area contributed by atoms with Crippen LogP contribution in [0.5, 0.6) is 0 Å². The first kappa shape index (κ1) is 16.0. The summed E-state index contributed by atoms with van der Waals surface area (Å²) < 4.78 is 25.5. The number of hydrogen-bond acceptors (Lipinski definition) is 4. The van der Waals surface area contributed by atoms with E-state index in [1.165, 1.54) is 6.07 Å². The minimum atomic E-state index is -0.463. The molecular formula is C18H23FN2O3. The van der Waals surface area contributed by atoms with E-state index in [0.29, 0.717) is 25.8 Å². The van der Waals surface area contributed by atoms with E-state index in [1.54, 1.807) is 23.1 Å². The lowest BCUT2D eigenvalue weighted by atomic mass is 10.1. The highest BCUT2D eigenvalue weighted by atomic mass is 19.1. The predicted octanol–water partition coefficient (Wildman–Crippen LogP) is 1.53. The second-order valence-electron chi connectivity index (χ2n) is 6.80. The van der Waals surface area contributed by atoms with Crippen LogP contribution < -0.4 is 0 Å². The van der Waals surface area contributed by atoms with E-state index in [9.17, 15) is 9.18 Å². The number of hydrogen-bond donors (Lipinski definition) is 0. The van der Waals surface area contributed by atoms with Gasteiger partial charge in [-0.25, -0.2) is 4.39 Å². The Labute approximate surface area is 141 Å². The van der Waals surface area contributed by atoms with E-state index in [2.05, 4.69) is 4.90 Å². The molecule has 3 fully saturated rings. The summed E-state index contributed by atoms with van der Waals surface area (Å²) in [7, 11) is 0. The molecule has 0 spiro atoms. The maximum Gasteiger partial charge on any atom is 0.256 e. The number of fused-ring (bicyclic) bond motifs is 1. The maximum absolute atomic E-state index is 13.9. The van der Waals surface area contributed by atoms with Crippen molar-refractivity contribution in [3.63, 3.8) is 0 Å². The Morgan fingerprint density at radius 1 is 1.21 bits per heavy atom. The van der Waals surface area contributed by atoms with Gasteiger partial charge >= 0.3 is 0 Å². The molecule has 1 aromatic rings. The molecule has 24 heavy (non-hydrogen) atoms. The molecule has 3 atom stereocenters. The van der Waals surface area contributed by atoms with Crippen LogP contribution in [-0.4, -0.2) is 73.3 Å². The predicted molar refractivity (Wildman–Crippen MR) is 86.4 cm³/mol. The second-order valence-corrected chi connectivity index (χ2v) is 6.80. The largest absolute Gasteiger partial charge is 0.377 e. The Bertz CT molecular complexity index is 606. The highest BCUT2D eigenvalue weighted by Crippen LogP contribution is 2.26. The molecule has 1 aromatic carbocycles. The first-order chi connectivity index (χ1) is 11.7. The van der Waals surface area contributed by atoms with Crippen molar-refractivity contribution in [1.82, 2.24) is 9.80 Å². The summed E-state index contributed by atoms with van der Waals surface area (Å²) >= 11 is 0. The normalized spacial score (nSPS) is 30.5. The van der Waals surface area contributed by atoms with Crippen LogP contribution in [0.25, 0.3) is 0 Å². The van der Waals surface area contributed by atoms with Crippen LogP contribution in [0, 0.1) is 5.82 Å². The first-order valence-corrected chi connectivity index (χ1v) is 8.73. The SMILES string of the molecule is O=C(c1ccccc1F)N1C[C@@H]2OCCN(C[C@H]3CCCO3)[C@@H]2C1. The van der Waals surface area contributed by atoms with Crippen molar-refractivity contribution in [2.24, 2.45) is 0 Å². The van der Waals surface area contributed by atoms with Gasteiger partial charge in [0.15, 0.2) is 0 Å². The molecule has 5 nitrogen and oxygen atoms in total. The van der Waals surface area contributed by atoms with Gasteiger partial charge in [0.1, 0.15) is 5.82 Å². The van der Waals surface area contributed by atoms with Gasteiger partial charge in [-0.05, 0) is 25.0 Å². The van der Waals surface area contributed by atoms with Crippen LogP contribution in [0.3, 0.4) is 0 Å². The summed E-state index contributed by atoms with van der Waals surface area (Å²) in [5, 5.41) is 0. The van der Waals surface area contributed by atoms with Gasteiger partial charge in [-0.2, -0.15) is 0 Å². The molecule has 0 radical (unpaired) electrons. The van der Waals surface area contributed by atoms with Crippen molar-refractivity contribution < 1.29 is 18.7 Å². The van der Waals surface area contributed by atoms with Gasteiger partial charge < -0.3 is 14.4 Å². The molecule has 0 aliphatic carbocycles. The highest BCUT2D eigenvalue weighted by Gasteiger charge is 2.42. The fourth-order valence-electron chi connectivity index (χ4n) is 4.01. The van der Waals surface area contributed by atoms with Crippen LogP contribution in [0.2, 0.25) is 0 Å². The lowest BCUT2D eigenvalue weighted by molar-refractivity contribution is -0.0614. The lowest BCUT2D eigenvalue weighted by Gasteiger charge is -2.37. The zero-order valence-electron chi connectivity index (χ0n) is 13.7. The number of benzene rings is 1. The molecule has 1 amide bonds. The topological polar surface area (TPSA) is 42.0 Å². The van der Waals surface area contributed by atoms with E-state index in [4.69, 9.17) is 9.47 Å². The summed E-state index contributed by atoms with van der Waals surface area (Å²) in [6.45, 7) is 4.40. The molecule has 3 aliphatic heterocycles. The molecule has 130 valence electrons. The molecule has 0 unspecified atom stereocenters. The number of morpholine rings is 1. The number of likely N-dealkylation sites (tertiary alicyclic amines) is 1. The third-order valence-electron chi connectivity index (χ3n) is 5.27. The summed E-state index contributed by atoms with van der Waals surface area (Å²) in [6.07, 6.45) is 2.53. The minimum absolute atomic E-state index is 0.0101. The quantitative estimate of drug-likeness (QED) is 0.841. The fraction of sp³-hybridized carbons (Fsp3) is 0.611. The third kappa shape index (κ3) is 3.06. The molecular weight excluding hydrogens is 311 g/mol. The Balaban J connectivity index is 1.45. The summed E-state index contributed by atoms with van der Waals surface area (Å²) in [5.41, 5.74) is 0.141. The van der Waals surface area contributed by atoms with Crippen LogP contribution in [0.1, 0.15) is 23.2 Å². The summed E-state index contributed by atoms with van der Waals surface area (Å²) in [5.74, 6) is -0.710. The highest BCUT2D eigenvalue weighted by molar-refractivity contribution is 5.94. The lowest BCUT2D eigenvalue weighted by Crippen LogP contribution is -2.52. The van der Waals surface area contributed by atoms with Crippen molar-refractivity contribution in [2.75, 3.05) is 39.4 Å². The number of halogens is 1. The zero-order chi connectivity index (χ0) is 16.5. The standard InChI is InChI=1S/C18H23FN2O3/c19-15-6-2-1-5-14(15)18(22)21-11-16-17(12-21)24-9-7-20(16)10-13-4-3-8-23-13/h1-2,5-6,13,16-17H,3-4,7-12H2/t13-,16-,17+/m1/s1. The van der Waals surface area contributed by atoms with Crippen LogP contribution in [0.4, 0.5) is 4.39 Å². The van der Waals surface area contributed by atoms with Crippen molar-refractivity contribution in [3.8, 4) is 0 Å². The van der Waals surface area contributed by atoms with Gasteiger partial charge in [-0.1, -0.05) is 12.1 Å². The molecule has 3 aliphatic rings. The van der Waals surface area contributed by atoms with E-state index in [1.807, 2.05) is 0 Å². The number of carbonyl (C=O) groups excluding carboxylic acids is 1. The smallest absolute Gasteiger partial charge is 0.256 e. The number of nitrogens with zero attached hydrogens (tertiary/aromatic N) is 2. The minimum Gasteiger partial charge on any atom is -0.377 e.